The van der Waals surface area contributed by atoms with Crippen molar-refractivity contribution < 1.29 is 9.90 Å². The van der Waals surface area contributed by atoms with E-state index in [1.807, 2.05) is 32.9 Å². The molecule has 0 aliphatic heterocycles. The minimum absolute atomic E-state index is 0.0674. The van der Waals surface area contributed by atoms with Crippen LogP contribution in [0, 0.1) is 12.3 Å². The quantitative estimate of drug-likeness (QED) is 0.813. The molecule has 0 aromatic heterocycles. The SMILES string of the molecule is Cc1c(Cl)cccc1N=CC1=C(O)CC(C)(C)CC1=O. The van der Waals surface area contributed by atoms with Gasteiger partial charge < -0.3 is 5.11 Å². The predicted octanol–water partition coefficient (Wildman–Crippen LogP) is 4.55. The van der Waals surface area contributed by atoms with E-state index in [1.54, 1.807) is 6.07 Å². The molecule has 0 saturated heterocycles. The summed E-state index contributed by atoms with van der Waals surface area (Å²) in [5.41, 5.74) is 1.68. The van der Waals surface area contributed by atoms with Gasteiger partial charge in [0.05, 0.1) is 11.3 Å². The van der Waals surface area contributed by atoms with Crippen molar-refractivity contribution in [2.45, 2.75) is 33.6 Å². The number of ketones is 1. The molecule has 0 radical (unpaired) electrons. The molecular weight excluding hydrogens is 274 g/mol. The Balaban J connectivity index is 2.32. The lowest BCUT2D eigenvalue weighted by Gasteiger charge is -2.28. The van der Waals surface area contributed by atoms with Crippen molar-refractivity contribution >= 4 is 29.3 Å². The normalized spacial score (nSPS) is 18.9. The predicted molar refractivity (Wildman–Crippen MR) is 82.0 cm³/mol. The Hall–Kier alpha value is -1.61. The molecule has 0 saturated carbocycles. The van der Waals surface area contributed by atoms with E-state index in [-0.39, 0.29) is 17.0 Å². The molecular formula is C16H18ClNO2. The molecule has 1 aromatic carbocycles. The van der Waals surface area contributed by atoms with Crippen LogP contribution in [0.2, 0.25) is 5.02 Å². The van der Waals surface area contributed by atoms with Crippen LogP contribution in [-0.4, -0.2) is 17.1 Å². The Labute approximate surface area is 124 Å². The van der Waals surface area contributed by atoms with Gasteiger partial charge >= 0.3 is 0 Å². The van der Waals surface area contributed by atoms with Crippen molar-refractivity contribution in [1.29, 1.82) is 0 Å². The first-order valence-electron chi connectivity index (χ1n) is 6.55. The molecule has 20 heavy (non-hydrogen) atoms. The van der Waals surface area contributed by atoms with E-state index in [9.17, 15) is 9.90 Å². The lowest BCUT2D eigenvalue weighted by Crippen LogP contribution is -2.26. The zero-order valence-electron chi connectivity index (χ0n) is 11.9. The number of carbonyl (C=O) groups is 1. The van der Waals surface area contributed by atoms with E-state index >= 15 is 0 Å². The Bertz CT molecular complexity index is 615. The van der Waals surface area contributed by atoms with Crippen molar-refractivity contribution in [3.05, 3.63) is 40.1 Å². The standard InChI is InChI=1S/C16H18ClNO2/c1-10-12(17)5-4-6-13(10)18-9-11-14(19)7-16(2,3)8-15(11)20/h4-6,9,19H,7-8H2,1-3H3. The molecule has 0 heterocycles. The van der Waals surface area contributed by atoms with Crippen molar-refractivity contribution in [3.8, 4) is 0 Å². The van der Waals surface area contributed by atoms with Crippen LogP contribution in [0.5, 0.6) is 0 Å². The molecule has 0 fully saturated rings. The second-order valence-corrected chi connectivity index (χ2v) is 6.35. The maximum atomic E-state index is 12.1. The van der Waals surface area contributed by atoms with Crippen LogP contribution >= 0.6 is 11.6 Å². The van der Waals surface area contributed by atoms with Crippen LogP contribution in [0.1, 0.15) is 32.3 Å². The number of aliphatic hydroxyl groups excluding tert-OH is 1. The number of aliphatic imine (C=N–C) groups is 1. The second-order valence-electron chi connectivity index (χ2n) is 5.94. The van der Waals surface area contributed by atoms with Crippen LogP contribution in [0.4, 0.5) is 5.69 Å². The monoisotopic (exact) mass is 291 g/mol. The molecule has 4 heteroatoms. The van der Waals surface area contributed by atoms with Gasteiger partial charge in [-0.15, -0.1) is 0 Å². The van der Waals surface area contributed by atoms with Gasteiger partial charge in [0.1, 0.15) is 5.76 Å². The molecule has 106 valence electrons. The molecule has 0 unspecified atom stereocenters. The second kappa shape index (κ2) is 5.41. The highest BCUT2D eigenvalue weighted by Gasteiger charge is 2.32. The molecule has 1 aliphatic rings. The smallest absolute Gasteiger partial charge is 0.168 e. The number of aliphatic hydroxyl groups is 1. The van der Waals surface area contributed by atoms with Crippen LogP contribution < -0.4 is 0 Å². The summed E-state index contributed by atoms with van der Waals surface area (Å²) in [6, 6.07) is 5.43. The third-order valence-corrected chi connectivity index (χ3v) is 3.88. The van der Waals surface area contributed by atoms with E-state index in [1.165, 1.54) is 6.21 Å². The maximum absolute atomic E-state index is 12.1. The maximum Gasteiger partial charge on any atom is 0.168 e. The van der Waals surface area contributed by atoms with E-state index in [4.69, 9.17) is 11.6 Å². The van der Waals surface area contributed by atoms with Gasteiger partial charge in [-0.2, -0.15) is 0 Å². The number of carbonyl (C=O) groups excluding carboxylic acids is 1. The summed E-state index contributed by atoms with van der Waals surface area (Å²) in [5, 5.41) is 10.7. The average Bonchev–Trinajstić information content (AvgIpc) is 2.31. The van der Waals surface area contributed by atoms with Crippen molar-refractivity contribution in [1.82, 2.24) is 0 Å². The van der Waals surface area contributed by atoms with Gasteiger partial charge in [0.15, 0.2) is 5.78 Å². The number of hydrogen-bond donors (Lipinski definition) is 1. The highest BCUT2D eigenvalue weighted by molar-refractivity contribution is 6.31. The Morgan fingerprint density at radius 1 is 1.35 bits per heavy atom. The average molecular weight is 292 g/mol. The van der Waals surface area contributed by atoms with Crippen LogP contribution in [0.15, 0.2) is 34.5 Å². The molecule has 1 aromatic rings. The summed E-state index contributed by atoms with van der Waals surface area (Å²) in [5.74, 6) is 0.0527. The van der Waals surface area contributed by atoms with Crippen molar-refractivity contribution in [3.63, 3.8) is 0 Å². The van der Waals surface area contributed by atoms with Gasteiger partial charge in [-0.1, -0.05) is 31.5 Å². The van der Waals surface area contributed by atoms with Crippen molar-refractivity contribution in [2.24, 2.45) is 10.4 Å². The molecule has 0 amide bonds. The van der Waals surface area contributed by atoms with E-state index in [0.717, 1.165) is 5.56 Å². The Kier molecular flexibility index (Phi) is 4.00. The number of benzene rings is 1. The summed E-state index contributed by atoms with van der Waals surface area (Å²) < 4.78 is 0. The van der Waals surface area contributed by atoms with Gasteiger partial charge in [0.2, 0.25) is 0 Å². The molecule has 1 N–H and O–H groups in total. The summed E-state index contributed by atoms with van der Waals surface area (Å²) >= 11 is 6.03. The number of Topliss-reactive ketones (excluding diaryl/α,β-unsaturated/α-hetero) is 1. The van der Waals surface area contributed by atoms with E-state index in [0.29, 0.717) is 29.1 Å². The first kappa shape index (κ1) is 14.8. The van der Waals surface area contributed by atoms with Gasteiger partial charge in [0, 0.05) is 24.1 Å². The highest BCUT2D eigenvalue weighted by atomic mass is 35.5. The fourth-order valence-corrected chi connectivity index (χ4v) is 2.49. The van der Waals surface area contributed by atoms with Gasteiger partial charge in [-0.25, -0.2) is 0 Å². The van der Waals surface area contributed by atoms with Crippen LogP contribution in [-0.2, 0) is 4.79 Å². The number of hydrogen-bond acceptors (Lipinski definition) is 3. The van der Waals surface area contributed by atoms with Crippen molar-refractivity contribution in [2.75, 3.05) is 0 Å². The fraction of sp³-hybridized carbons (Fsp3) is 0.375. The van der Waals surface area contributed by atoms with E-state index < -0.39 is 0 Å². The minimum Gasteiger partial charge on any atom is -0.511 e. The first-order valence-corrected chi connectivity index (χ1v) is 6.92. The minimum atomic E-state index is -0.190. The van der Waals surface area contributed by atoms with Crippen LogP contribution in [0.25, 0.3) is 0 Å². The van der Waals surface area contributed by atoms with Gasteiger partial charge in [-0.05, 0) is 30.0 Å². The number of rotatable bonds is 2. The third-order valence-electron chi connectivity index (χ3n) is 3.47. The molecule has 0 atom stereocenters. The summed E-state index contributed by atoms with van der Waals surface area (Å²) in [7, 11) is 0. The molecule has 2 rings (SSSR count). The largest absolute Gasteiger partial charge is 0.511 e. The molecule has 0 spiro atoms. The Morgan fingerprint density at radius 3 is 2.70 bits per heavy atom. The first-order chi connectivity index (χ1) is 9.30. The molecule has 3 nitrogen and oxygen atoms in total. The lowest BCUT2D eigenvalue weighted by atomic mass is 9.77. The zero-order chi connectivity index (χ0) is 14.9. The summed E-state index contributed by atoms with van der Waals surface area (Å²) in [6.07, 6.45) is 2.37. The lowest BCUT2D eigenvalue weighted by molar-refractivity contribution is -0.117. The molecule has 0 bridgehead atoms. The van der Waals surface area contributed by atoms with Crippen LogP contribution in [0.3, 0.4) is 0 Å². The highest BCUT2D eigenvalue weighted by Crippen LogP contribution is 2.35. The van der Waals surface area contributed by atoms with Gasteiger partial charge in [-0.3, -0.25) is 9.79 Å². The summed E-state index contributed by atoms with van der Waals surface area (Å²) in [4.78, 5) is 16.3. The zero-order valence-corrected chi connectivity index (χ0v) is 12.7. The topological polar surface area (TPSA) is 49.7 Å². The molecule has 1 aliphatic carbocycles. The number of allylic oxidation sites excluding steroid dienone is 2. The Morgan fingerprint density at radius 2 is 2.05 bits per heavy atom. The number of halogens is 1. The van der Waals surface area contributed by atoms with Gasteiger partial charge in [0.25, 0.3) is 0 Å². The fourth-order valence-electron chi connectivity index (χ4n) is 2.32. The number of nitrogens with zero attached hydrogens (tertiary/aromatic N) is 1. The van der Waals surface area contributed by atoms with E-state index in [2.05, 4.69) is 4.99 Å². The third kappa shape index (κ3) is 3.10. The summed E-state index contributed by atoms with van der Waals surface area (Å²) in [6.45, 7) is 5.81.